The summed E-state index contributed by atoms with van der Waals surface area (Å²) in [6.45, 7) is 0.705. The van der Waals surface area contributed by atoms with Crippen LogP contribution in [0.25, 0.3) is 11.1 Å². The van der Waals surface area contributed by atoms with Crippen molar-refractivity contribution >= 4 is 15.9 Å². The number of nitrogens with zero attached hydrogens (tertiary/aromatic N) is 1. The highest BCUT2D eigenvalue weighted by Gasteiger charge is 2.35. The van der Waals surface area contributed by atoms with E-state index in [1.807, 2.05) is 0 Å². The van der Waals surface area contributed by atoms with Crippen LogP contribution in [0.4, 0.5) is 18.0 Å². The van der Waals surface area contributed by atoms with Gasteiger partial charge in [-0.1, -0.05) is 30.3 Å². The van der Waals surface area contributed by atoms with Crippen LogP contribution in [-0.4, -0.2) is 43.9 Å². The Hall–Kier alpha value is -2.55. The first kappa shape index (κ1) is 19.2. The first-order valence-electron chi connectivity index (χ1n) is 7.96. The van der Waals surface area contributed by atoms with Crippen molar-refractivity contribution < 1.29 is 31.5 Å². The molecule has 0 bridgehead atoms. The zero-order valence-electron chi connectivity index (χ0n) is 14.2. The lowest BCUT2D eigenvalue weighted by atomic mass is 9.90. The van der Waals surface area contributed by atoms with E-state index in [1.54, 1.807) is 12.1 Å². The quantitative estimate of drug-likeness (QED) is 0.851. The van der Waals surface area contributed by atoms with Gasteiger partial charge in [0.1, 0.15) is 0 Å². The molecule has 0 radical (unpaired) electrons. The number of halogens is 3. The number of carboxylic acid groups (broad SMARTS) is 1. The van der Waals surface area contributed by atoms with Crippen molar-refractivity contribution in [2.24, 2.45) is 0 Å². The number of hydrogen-bond acceptors (Lipinski definition) is 3. The Bertz CT molecular complexity index is 979. The molecule has 0 aliphatic carbocycles. The van der Waals surface area contributed by atoms with Gasteiger partial charge in [-0.25, -0.2) is 13.2 Å². The number of amides is 1. The number of carbonyl (C=O) groups is 1. The van der Waals surface area contributed by atoms with Gasteiger partial charge in [0.2, 0.25) is 0 Å². The molecule has 1 N–H and O–H groups in total. The lowest BCUT2D eigenvalue weighted by Gasteiger charge is -2.37. The summed E-state index contributed by atoms with van der Waals surface area (Å²) < 4.78 is 63.5. The van der Waals surface area contributed by atoms with Crippen LogP contribution in [0, 0.1) is 0 Å². The van der Waals surface area contributed by atoms with Gasteiger partial charge in [0.15, 0.2) is 9.84 Å². The van der Waals surface area contributed by atoms with Crippen LogP contribution in [-0.2, 0) is 16.0 Å². The first-order valence-corrected chi connectivity index (χ1v) is 9.85. The molecule has 0 aromatic heterocycles. The van der Waals surface area contributed by atoms with E-state index in [1.165, 1.54) is 17.0 Å². The van der Waals surface area contributed by atoms with Gasteiger partial charge in [-0.3, -0.25) is 0 Å². The van der Waals surface area contributed by atoms with E-state index in [9.17, 15) is 26.4 Å². The minimum atomic E-state index is -4.70. The Labute approximate surface area is 154 Å². The molecule has 1 aliphatic heterocycles. The van der Waals surface area contributed by atoms with Gasteiger partial charge in [-0.05, 0) is 28.8 Å². The van der Waals surface area contributed by atoms with Crippen molar-refractivity contribution in [2.75, 3.05) is 19.3 Å². The van der Waals surface area contributed by atoms with Crippen LogP contribution in [0.15, 0.2) is 47.4 Å². The molecule has 0 unspecified atom stereocenters. The van der Waals surface area contributed by atoms with Crippen LogP contribution in [0.3, 0.4) is 0 Å². The molecule has 1 aliphatic rings. The lowest BCUT2D eigenvalue weighted by Crippen LogP contribution is -2.47. The fraction of sp³-hybridized carbons (Fsp3) is 0.278. The Morgan fingerprint density at radius 3 is 2.19 bits per heavy atom. The summed E-state index contributed by atoms with van der Waals surface area (Å²) >= 11 is 0. The summed E-state index contributed by atoms with van der Waals surface area (Å²) in [5.41, 5.74) is 0.0270. The third-order valence-corrected chi connectivity index (χ3v) is 5.68. The fourth-order valence-corrected chi connectivity index (χ4v) is 3.67. The van der Waals surface area contributed by atoms with Gasteiger partial charge in [-0.15, -0.1) is 0 Å². The number of alkyl halides is 3. The van der Waals surface area contributed by atoms with Crippen LogP contribution in [0.2, 0.25) is 0 Å². The molecule has 3 rings (SSSR count). The zero-order chi connectivity index (χ0) is 20.0. The third-order valence-electron chi connectivity index (χ3n) is 4.57. The van der Waals surface area contributed by atoms with E-state index in [2.05, 4.69) is 0 Å². The average molecular weight is 399 g/mol. The third kappa shape index (κ3) is 3.92. The molecule has 144 valence electrons. The second kappa shape index (κ2) is 6.56. The van der Waals surface area contributed by atoms with E-state index in [0.29, 0.717) is 24.7 Å². The molecule has 1 heterocycles. The van der Waals surface area contributed by atoms with Crippen molar-refractivity contribution in [1.82, 2.24) is 4.90 Å². The molecule has 1 saturated heterocycles. The predicted octanol–water partition coefficient (Wildman–Crippen LogP) is 3.85. The van der Waals surface area contributed by atoms with Crippen LogP contribution in [0.1, 0.15) is 17.0 Å². The number of hydrogen-bond donors (Lipinski definition) is 1. The average Bonchev–Trinajstić information content (AvgIpc) is 2.51. The topological polar surface area (TPSA) is 74.7 Å². The minimum Gasteiger partial charge on any atom is -0.465 e. The van der Waals surface area contributed by atoms with Gasteiger partial charge in [0.25, 0.3) is 0 Å². The molecule has 0 saturated carbocycles. The Kier molecular flexibility index (Phi) is 4.67. The summed E-state index contributed by atoms with van der Waals surface area (Å²) in [6.07, 6.45) is -4.84. The van der Waals surface area contributed by atoms with Gasteiger partial charge in [0.05, 0.1) is 10.5 Å². The second-order valence-corrected chi connectivity index (χ2v) is 8.50. The van der Waals surface area contributed by atoms with Gasteiger partial charge >= 0.3 is 12.3 Å². The molecular weight excluding hydrogens is 383 g/mol. The van der Waals surface area contributed by atoms with E-state index >= 15 is 0 Å². The van der Waals surface area contributed by atoms with E-state index < -0.39 is 32.6 Å². The van der Waals surface area contributed by atoms with Crippen LogP contribution < -0.4 is 0 Å². The highest BCUT2D eigenvalue weighted by atomic mass is 32.2. The van der Waals surface area contributed by atoms with E-state index in [-0.39, 0.29) is 11.5 Å². The Balaban J connectivity index is 1.93. The van der Waals surface area contributed by atoms with Crippen LogP contribution >= 0.6 is 0 Å². The molecule has 9 heteroatoms. The standard InChI is InChI=1S/C18H16F3NO4S/c1-27(25,26)14-6-7-15(16(8-14)18(19,20)21)12-4-2-11(3-5-12)13-9-22(10-13)17(23)24/h2-8,13H,9-10H2,1H3,(H,23,24). The maximum absolute atomic E-state index is 13.4. The second-order valence-electron chi connectivity index (χ2n) is 6.48. The zero-order valence-corrected chi connectivity index (χ0v) is 15.0. The Morgan fingerprint density at radius 1 is 1.11 bits per heavy atom. The van der Waals surface area contributed by atoms with E-state index in [0.717, 1.165) is 24.0 Å². The molecular formula is C18H16F3NO4S. The molecule has 0 spiro atoms. The molecule has 1 amide bonds. The van der Waals surface area contributed by atoms with Gasteiger partial charge in [0, 0.05) is 25.3 Å². The molecule has 5 nitrogen and oxygen atoms in total. The summed E-state index contributed by atoms with van der Waals surface area (Å²) in [4.78, 5) is 11.7. The molecule has 27 heavy (non-hydrogen) atoms. The number of likely N-dealkylation sites (tertiary alicyclic amines) is 1. The normalized spacial score (nSPS) is 15.5. The van der Waals surface area contributed by atoms with Crippen molar-refractivity contribution in [2.45, 2.75) is 17.0 Å². The predicted molar refractivity (Wildman–Crippen MR) is 92.3 cm³/mol. The fourth-order valence-electron chi connectivity index (χ4n) is 3.02. The molecule has 1 fully saturated rings. The van der Waals surface area contributed by atoms with Crippen molar-refractivity contribution in [3.8, 4) is 11.1 Å². The first-order chi connectivity index (χ1) is 12.5. The minimum absolute atomic E-state index is 0.0184. The SMILES string of the molecule is CS(=O)(=O)c1ccc(-c2ccc(C3CN(C(=O)O)C3)cc2)c(C(F)(F)F)c1. The maximum atomic E-state index is 13.4. The monoisotopic (exact) mass is 399 g/mol. The van der Waals surface area contributed by atoms with Crippen molar-refractivity contribution in [3.05, 3.63) is 53.6 Å². The van der Waals surface area contributed by atoms with Gasteiger partial charge in [-0.2, -0.15) is 13.2 Å². The van der Waals surface area contributed by atoms with Crippen molar-refractivity contribution in [1.29, 1.82) is 0 Å². The molecule has 0 atom stereocenters. The summed E-state index contributed by atoms with van der Waals surface area (Å²) in [7, 11) is -3.76. The summed E-state index contributed by atoms with van der Waals surface area (Å²) in [5.74, 6) is 0.0184. The van der Waals surface area contributed by atoms with Crippen molar-refractivity contribution in [3.63, 3.8) is 0 Å². The van der Waals surface area contributed by atoms with Gasteiger partial charge < -0.3 is 10.0 Å². The summed E-state index contributed by atoms with van der Waals surface area (Å²) in [6, 6.07) is 9.37. The number of rotatable bonds is 3. The number of sulfone groups is 1. The summed E-state index contributed by atoms with van der Waals surface area (Å²) in [5, 5.41) is 8.85. The highest BCUT2D eigenvalue weighted by Crippen LogP contribution is 2.39. The largest absolute Gasteiger partial charge is 0.465 e. The molecule has 2 aromatic rings. The molecule has 2 aromatic carbocycles. The highest BCUT2D eigenvalue weighted by molar-refractivity contribution is 7.90. The lowest BCUT2D eigenvalue weighted by molar-refractivity contribution is -0.137. The van der Waals surface area contributed by atoms with E-state index in [4.69, 9.17) is 5.11 Å². The van der Waals surface area contributed by atoms with Crippen LogP contribution in [0.5, 0.6) is 0 Å². The number of benzene rings is 2. The smallest absolute Gasteiger partial charge is 0.417 e. The Morgan fingerprint density at radius 2 is 1.70 bits per heavy atom. The maximum Gasteiger partial charge on any atom is 0.417 e.